The highest BCUT2D eigenvalue weighted by Crippen LogP contribution is 2.26. The molecule has 0 radical (unpaired) electrons. The van der Waals surface area contributed by atoms with Gasteiger partial charge in [-0.15, -0.1) is 0 Å². The highest BCUT2D eigenvalue weighted by Gasteiger charge is 2.16. The van der Waals surface area contributed by atoms with Crippen molar-refractivity contribution in [1.29, 1.82) is 0 Å². The quantitative estimate of drug-likeness (QED) is 0.819. The zero-order valence-electron chi connectivity index (χ0n) is 10.6. The van der Waals surface area contributed by atoms with Gasteiger partial charge in [0.05, 0.1) is 16.8 Å². The van der Waals surface area contributed by atoms with E-state index in [1.807, 2.05) is 6.92 Å². The van der Waals surface area contributed by atoms with Crippen LogP contribution in [0.1, 0.15) is 19.8 Å². The summed E-state index contributed by atoms with van der Waals surface area (Å²) in [5.74, 6) is -0.379. The monoisotopic (exact) mass is 353 g/mol. The average Bonchev–Trinajstić information content (AvgIpc) is 2.28. The molecule has 0 spiro atoms. The first-order valence-corrected chi connectivity index (χ1v) is 8.41. The van der Waals surface area contributed by atoms with Crippen molar-refractivity contribution in [2.45, 2.75) is 19.8 Å². The Bertz CT molecular complexity index is 522. The van der Waals surface area contributed by atoms with Gasteiger partial charge in [-0.05, 0) is 34.5 Å². The molecule has 7 heteroatoms. The maximum atomic E-state index is 13.1. The summed E-state index contributed by atoms with van der Waals surface area (Å²) in [6.45, 7) is 2.14. The van der Waals surface area contributed by atoms with Crippen LogP contribution in [0, 0.1) is 11.7 Å². The fraction of sp³-hybridized carbons (Fsp3) is 0.500. The lowest BCUT2D eigenvalue weighted by atomic mass is 10.1. The Labute approximate surface area is 121 Å². The van der Waals surface area contributed by atoms with E-state index < -0.39 is 15.8 Å². The van der Waals surface area contributed by atoms with Crippen molar-refractivity contribution in [3.05, 3.63) is 28.5 Å². The second kappa shape index (κ2) is 7.21. The third-order valence-electron chi connectivity index (χ3n) is 2.53. The molecule has 4 nitrogen and oxygen atoms in total. The molecule has 0 heterocycles. The van der Waals surface area contributed by atoms with E-state index in [-0.39, 0.29) is 18.3 Å². The van der Waals surface area contributed by atoms with Crippen LogP contribution in [0.2, 0.25) is 0 Å². The summed E-state index contributed by atoms with van der Waals surface area (Å²) in [5.41, 5.74) is 0. The Morgan fingerprint density at radius 2 is 2.16 bits per heavy atom. The Hall–Kier alpha value is -0.660. The number of benzene rings is 1. The maximum absolute atomic E-state index is 13.1. The summed E-state index contributed by atoms with van der Waals surface area (Å²) < 4.78 is 41.4. The van der Waals surface area contributed by atoms with Crippen molar-refractivity contribution < 1.29 is 17.5 Å². The van der Waals surface area contributed by atoms with Crippen molar-refractivity contribution in [2.75, 3.05) is 12.4 Å². The molecule has 0 fully saturated rings. The molecule has 0 aliphatic rings. The van der Waals surface area contributed by atoms with Gasteiger partial charge in [0.15, 0.2) is 0 Å². The summed E-state index contributed by atoms with van der Waals surface area (Å²) in [4.78, 5) is 0. The summed E-state index contributed by atoms with van der Waals surface area (Å²) >= 11 is 3.25. The van der Waals surface area contributed by atoms with Crippen LogP contribution in [-0.2, 0) is 10.0 Å². The number of hydrogen-bond donors (Lipinski definition) is 1. The predicted molar refractivity (Wildman–Crippen MR) is 76.0 cm³/mol. The van der Waals surface area contributed by atoms with E-state index in [1.54, 1.807) is 6.07 Å². The molecule has 0 aliphatic heterocycles. The predicted octanol–water partition coefficient (Wildman–Crippen LogP) is 2.67. The van der Waals surface area contributed by atoms with Gasteiger partial charge in [0.25, 0.3) is 0 Å². The third-order valence-corrected chi connectivity index (χ3v) is 4.12. The molecule has 0 saturated heterocycles. The zero-order chi connectivity index (χ0) is 14.5. The molecule has 19 heavy (non-hydrogen) atoms. The minimum absolute atomic E-state index is 0.131. The van der Waals surface area contributed by atoms with Crippen molar-refractivity contribution >= 4 is 26.0 Å². The van der Waals surface area contributed by atoms with E-state index in [9.17, 15) is 12.8 Å². The maximum Gasteiger partial charge on any atom is 0.209 e. The first kappa shape index (κ1) is 16.4. The lowest BCUT2D eigenvalue weighted by molar-refractivity contribution is 0.250. The first-order valence-electron chi connectivity index (χ1n) is 5.90. The molecule has 1 aromatic rings. The highest BCUT2D eigenvalue weighted by atomic mass is 79.9. The summed E-state index contributed by atoms with van der Waals surface area (Å²) in [5, 5.41) is 5.04. The number of ether oxygens (including phenoxy) is 1. The smallest absolute Gasteiger partial charge is 0.209 e. The van der Waals surface area contributed by atoms with Crippen LogP contribution in [0.25, 0.3) is 0 Å². The van der Waals surface area contributed by atoms with Gasteiger partial charge in [0.2, 0.25) is 10.0 Å². The van der Waals surface area contributed by atoms with Crippen molar-refractivity contribution in [2.24, 2.45) is 11.1 Å². The van der Waals surface area contributed by atoms with Crippen LogP contribution in [-0.4, -0.2) is 20.8 Å². The SMILES string of the molecule is CCCC(COc1cc(F)ccc1Br)CS(N)(=O)=O. The van der Waals surface area contributed by atoms with Gasteiger partial charge in [-0.1, -0.05) is 13.3 Å². The minimum Gasteiger partial charge on any atom is -0.492 e. The zero-order valence-corrected chi connectivity index (χ0v) is 13.0. The number of primary sulfonamides is 1. The fourth-order valence-electron chi connectivity index (χ4n) is 1.75. The van der Waals surface area contributed by atoms with Crippen LogP contribution in [0.5, 0.6) is 5.75 Å². The van der Waals surface area contributed by atoms with E-state index in [0.29, 0.717) is 16.6 Å². The first-order chi connectivity index (χ1) is 8.81. The highest BCUT2D eigenvalue weighted by molar-refractivity contribution is 9.10. The van der Waals surface area contributed by atoms with E-state index in [4.69, 9.17) is 9.88 Å². The van der Waals surface area contributed by atoms with Crippen molar-refractivity contribution in [3.8, 4) is 5.75 Å². The second-order valence-electron chi connectivity index (χ2n) is 4.37. The number of sulfonamides is 1. The molecule has 2 N–H and O–H groups in total. The number of halogens is 2. The molecule has 1 atom stereocenters. The van der Waals surface area contributed by atoms with Gasteiger partial charge < -0.3 is 4.74 Å². The van der Waals surface area contributed by atoms with E-state index in [0.717, 1.165) is 6.42 Å². The van der Waals surface area contributed by atoms with Gasteiger partial charge in [-0.2, -0.15) is 0 Å². The average molecular weight is 354 g/mol. The minimum atomic E-state index is -3.53. The van der Waals surface area contributed by atoms with Gasteiger partial charge in [0, 0.05) is 12.0 Å². The number of hydrogen-bond acceptors (Lipinski definition) is 3. The van der Waals surface area contributed by atoms with Gasteiger partial charge >= 0.3 is 0 Å². The summed E-state index contributed by atoms with van der Waals surface area (Å²) in [6.07, 6.45) is 1.51. The molecule has 0 saturated carbocycles. The Morgan fingerprint density at radius 3 is 2.74 bits per heavy atom. The van der Waals surface area contributed by atoms with E-state index in [2.05, 4.69) is 15.9 Å². The van der Waals surface area contributed by atoms with Crippen molar-refractivity contribution in [3.63, 3.8) is 0 Å². The van der Waals surface area contributed by atoms with Gasteiger partial charge in [-0.25, -0.2) is 17.9 Å². The molecular weight excluding hydrogens is 337 g/mol. The third kappa shape index (κ3) is 6.35. The molecule has 0 aliphatic carbocycles. The fourth-order valence-corrected chi connectivity index (χ4v) is 3.03. The molecule has 108 valence electrons. The lowest BCUT2D eigenvalue weighted by Crippen LogP contribution is -2.27. The lowest BCUT2D eigenvalue weighted by Gasteiger charge is -2.16. The van der Waals surface area contributed by atoms with Crippen molar-refractivity contribution in [1.82, 2.24) is 0 Å². The number of rotatable bonds is 7. The topological polar surface area (TPSA) is 69.4 Å². The molecule has 0 amide bonds. The molecule has 0 aromatic heterocycles. The van der Waals surface area contributed by atoms with Crippen LogP contribution < -0.4 is 9.88 Å². The van der Waals surface area contributed by atoms with Crippen LogP contribution >= 0.6 is 15.9 Å². The molecular formula is C12H17BrFNO3S. The Balaban J connectivity index is 2.68. The molecule has 1 aromatic carbocycles. The molecule has 0 bridgehead atoms. The van der Waals surface area contributed by atoms with Crippen LogP contribution in [0.15, 0.2) is 22.7 Å². The summed E-state index contributed by atoms with van der Waals surface area (Å²) in [6, 6.07) is 4.11. The second-order valence-corrected chi connectivity index (χ2v) is 6.88. The number of nitrogens with two attached hydrogens (primary N) is 1. The van der Waals surface area contributed by atoms with E-state index >= 15 is 0 Å². The van der Waals surface area contributed by atoms with Gasteiger partial charge in [-0.3, -0.25) is 0 Å². The standard InChI is InChI=1S/C12H17BrFNO3S/c1-2-3-9(8-19(15,16)17)7-18-12-6-10(14)4-5-11(12)13/h4-6,9H,2-3,7-8H2,1H3,(H2,15,16,17). The molecule has 1 rings (SSSR count). The Kier molecular flexibility index (Phi) is 6.22. The normalized spacial score (nSPS) is 13.3. The van der Waals surface area contributed by atoms with Crippen LogP contribution in [0.3, 0.4) is 0 Å². The Morgan fingerprint density at radius 1 is 1.47 bits per heavy atom. The van der Waals surface area contributed by atoms with Gasteiger partial charge in [0.1, 0.15) is 11.6 Å². The molecule has 1 unspecified atom stereocenters. The largest absolute Gasteiger partial charge is 0.492 e. The van der Waals surface area contributed by atoms with E-state index in [1.165, 1.54) is 12.1 Å². The van der Waals surface area contributed by atoms with Crippen LogP contribution in [0.4, 0.5) is 4.39 Å². The summed E-state index contributed by atoms with van der Waals surface area (Å²) in [7, 11) is -3.53.